The Morgan fingerprint density at radius 2 is 1.00 bits per heavy atom. The van der Waals surface area contributed by atoms with Gasteiger partial charge in [0, 0.05) is 40.8 Å². The van der Waals surface area contributed by atoms with Crippen LogP contribution >= 0.6 is 38.6 Å². The summed E-state index contributed by atoms with van der Waals surface area (Å²) < 4.78 is 6.29. The molecule has 0 atom stereocenters. The highest BCUT2D eigenvalue weighted by Gasteiger charge is 2.23. The molecule has 2 heterocycles. The van der Waals surface area contributed by atoms with Crippen molar-refractivity contribution in [3.63, 3.8) is 0 Å². The Hall–Kier alpha value is -3.70. The predicted octanol–water partition coefficient (Wildman–Crippen LogP) is 11.8. The molecule has 0 bridgehead atoms. The zero-order chi connectivity index (χ0) is 25.2. The van der Waals surface area contributed by atoms with Crippen molar-refractivity contribution in [3.8, 4) is 0 Å². The first-order valence-electron chi connectivity index (χ1n) is 12.6. The lowest BCUT2D eigenvalue weighted by atomic mass is 10.0. The molecule has 0 saturated heterocycles. The second kappa shape index (κ2) is 8.67. The molecular formula is C34H20BrNS2. The lowest BCUT2D eigenvalue weighted by molar-refractivity contribution is 1.34. The summed E-state index contributed by atoms with van der Waals surface area (Å²) in [4.78, 5) is 2.49. The van der Waals surface area contributed by atoms with E-state index < -0.39 is 0 Å². The summed E-state index contributed by atoms with van der Waals surface area (Å²) >= 11 is 7.62. The van der Waals surface area contributed by atoms with Crippen molar-refractivity contribution in [2.45, 2.75) is 0 Å². The summed E-state index contributed by atoms with van der Waals surface area (Å²) in [6.07, 6.45) is 0. The molecule has 0 aliphatic heterocycles. The molecule has 0 N–H and O–H groups in total. The van der Waals surface area contributed by atoms with Gasteiger partial charge in [-0.2, -0.15) is 0 Å². The number of benzene rings is 6. The number of thiophene rings is 2. The summed E-state index contributed by atoms with van der Waals surface area (Å²) in [6, 6.07) is 44.1. The van der Waals surface area contributed by atoms with E-state index in [4.69, 9.17) is 0 Å². The van der Waals surface area contributed by atoms with Crippen molar-refractivity contribution in [1.82, 2.24) is 0 Å². The lowest BCUT2D eigenvalue weighted by Crippen LogP contribution is -2.11. The summed E-state index contributed by atoms with van der Waals surface area (Å²) in [5.41, 5.74) is 3.58. The molecule has 0 fully saturated rings. The summed E-state index contributed by atoms with van der Waals surface area (Å²) in [7, 11) is 0. The van der Waals surface area contributed by atoms with Crippen LogP contribution in [0.15, 0.2) is 126 Å². The molecule has 4 heteroatoms. The number of anilines is 3. The maximum Gasteiger partial charge on any atom is 0.0652 e. The van der Waals surface area contributed by atoms with Crippen LogP contribution in [-0.4, -0.2) is 0 Å². The van der Waals surface area contributed by atoms with Crippen LogP contribution < -0.4 is 4.90 Å². The van der Waals surface area contributed by atoms with Gasteiger partial charge in [-0.1, -0.05) is 101 Å². The van der Waals surface area contributed by atoms with E-state index in [0.717, 1.165) is 4.47 Å². The smallest absolute Gasteiger partial charge is 0.0652 e. The van der Waals surface area contributed by atoms with Crippen LogP contribution in [0, 0.1) is 0 Å². The van der Waals surface area contributed by atoms with Crippen molar-refractivity contribution in [1.29, 1.82) is 0 Å². The fourth-order valence-electron chi connectivity index (χ4n) is 5.64. The minimum Gasteiger partial charge on any atom is -0.307 e. The molecule has 0 radical (unpaired) electrons. The van der Waals surface area contributed by atoms with Gasteiger partial charge in [0.05, 0.1) is 26.5 Å². The molecule has 0 aliphatic carbocycles. The van der Waals surface area contributed by atoms with Crippen LogP contribution in [0.4, 0.5) is 17.1 Å². The quantitative estimate of drug-likeness (QED) is 0.199. The van der Waals surface area contributed by atoms with Crippen molar-refractivity contribution >= 4 is 107 Å². The number of fused-ring (bicyclic) bond motifs is 7. The maximum atomic E-state index is 3.88. The minimum atomic E-state index is 1.08. The molecule has 0 spiro atoms. The molecule has 180 valence electrons. The zero-order valence-corrected chi connectivity index (χ0v) is 23.4. The normalized spacial score (nSPS) is 11.8. The van der Waals surface area contributed by atoms with Crippen LogP contribution in [0.1, 0.15) is 0 Å². The van der Waals surface area contributed by atoms with Gasteiger partial charge >= 0.3 is 0 Å². The molecule has 0 amide bonds. The fourth-order valence-corrected chi connectivity index (χ4v) is 8.48. The molecule has 38 heavy (non-hydrogen) atoms. The Morgan fingerprint density at radius 1 is 0.447 bits per heavy atom. The van der Waals surface area contributed by atoms with Crippen LogP contribution in [0.3, 0.4) is 0 Å². The Morgan fingerprint density at radius 3 is 1.79 bits per heavy atom. The van der Waals surface area contributed by atoms with E-state index in [0.29, 0.717) is 0 Å². The Kier molecular flexibility index (Phi) is 5.09. The average molecular weight is 587 g/mol. The van der Waals surface area contributed by atoms with Crippen LogP contribution in [0.25, 0.3) is 51.1 Å². The van der Waals surface area contributed by atoms with Crippen molar-refractivity contribution in [3.05, 3.63) is 126 Å². The number of halogens is 1. The largest absolute Gasteiger partial charge is 0.307 e. The number of rotatable bonds is 3. The second-order valence-electron chi connectivity index (χ2n) is 9.49. The lowest BCUT2D eigenvalue weighted by Gasteiger charge is -2.28. The van der Waals surface area contributed by atoms with E-state index in [1.807, 2.05) is 22.7 Å². The number of nitrogens with zero attached hydrogens (tertiary/aromatic N) is 1. The maximum absolute atomic E-state index is 3.88. The summed E-state index contributed by atoms with van der Waals surface area (Å²) in [5, 5.41) is 7.67. The van der Waals surface area contributed by atoms with E-state index in [9.17, 15) is 0 Å². The molecule has 6 aromatic carbocycles. The van der Waals surface area contributed by atoms with Crippen molar-refractivity contribution < 1.29 is 0 Å². The monoisotopic (exact) mass is 585 g/mol. The Bertz CT molecular complexity index is 2170. The first-order valence-corrected chi connectivity index (χ1v) is 15.0. The molecule has 0 aliphatic rings. The standard InChI is InChI=1S/C34H20BrNS2/c35-22-19-27-25-13-4-6-18-32(25)38-34(27)30(20-22)36(28-15-7-10-21-9-1-2-11-23(21)28)29-16-8-14-26-24-12-3-5-17-31(24)37-33(26)29/h1-20H. The van der Waals surface area contributed by atoms with Gasteiger partial charge in [-0.05, 0) is 41.8 Å². The molecule has 0 unspecified atom stereocenters. The summed E-state index contributed by atoms with van der Waals surface area (Å²) in [5.74, 6) is 0. The highest BCUT2D eigenvalue weighted by atomic mass is 79.9. The molecule has 1 nitrogen and oxygen atoms in total. The van der Waals surface area contributed by atoms with E-state index in [1.165, 1.54) is 68.2 Å². The Labute approximate surface area is 236 Å². The van der Waals surface area contributed by atoms with Crippen LogP contribution in [0.2, 0.25) is 0 Å². The highest BCUT2D eigenvalue weighted by molar-refractivity contribution is 9.10. The van der Waals surface area contributed by atoms with Gasteiger partial charge < -0.3 is 4.90 Å². The third-order valence-corrected chi connectivity index (χ3v) is 10.2. The fraction of sp³-hybridized carbons (Fsp3) is 0. The highest BCUT2D eigenvalue weighted by Crippen LogP contribution is 2.50. The van der Waals surface area contributed by atoms with Gasteiger partial charge in [-0.15, -0.1) is 22.7 Å². The van der Waals surface area contributed by atoms with Gasteiger partial charge in [0.25, 0.3) is 0 Å². The van der Waals surface area contributed by atoms with E-state index in [2.05, 4.69) is 142 Å². The molecular weight excluding hydrogens is 566 g/mol. The molecule has 0 saturated carbocycles. The van der Waals surface area contributed by atoms with Gasteiger partial charge in [0.15, 0.2) is 0 Å². The van der Waals surface area contributed by atoms with Gasteiger partial charge in [0.2, 0.25) is 0 Å². The van der Waals surface area contributed by atoms with E-state index in [1.54, 1.807) is 0 Å². The third-order valence-electron chi connectivity index (χ3n) is 7.30. The van der Waals surface area contributed by atoms with Gasteiger partial charge in [-0.3, -0.25) is 0 Å². The Balaban J connectivity index is 1.54. The topological polar surface area (TPSA) is 3.24 Å². The van der Waals surface area contributed by atoms with E-state index >= 15 is 0 Å². The van der Waals surface area contributed by atoms with E-state index in [-0.39, 0.29) is 0 Å². The second-order valence-corrected chi connectivity index (χ2v) is 12.5. The number of hydrogen-bond donors (Lipinski definition) is 0. The summed E-state index contributed by atoms with van der Waals surface area (Å²) in [6.45, 7) is 0. The first-order chi connectivity index (χ1) is 18.8. The molecule has 8 rings (SSSR count). The molecule has 2 aromatic heterocycles. The van der Waals surface area contributed by atoms with Crippen molar-refractivity contribution in [2.24, 2.45) is 0 Å². The predicted molar refractivity (Wildman–Crippen MR) is 172 cm³/mol. The van der Waals surface area contributed by atoms with Gasteiger partial charge in [-0.25, -0.2) is 0 Å². The van der Waals surface area contributed by atoms with Gasteiger partial charge in [0.1, 0.15) is 0 Å². The average Bonchev–Trinajstić information content (AvgIpc) is 3.52. The SMILES string of the molecule is Brc1cc(N(c2cccc3ccccc23)c2cccc3c2sc2ccccc23)c2sc3ccccc3c2c1. The van der Waals surface area contributed by atoms with Crippen LogP contribution in [0.5, 0.6) is 0 Å². The third kappa shape index (κ3) is 3.34. The zero-order valence-electron chi connectivity index (χ0n) is 20.2. The first kappa shape index (κ1) is 22.3. The van der Waals surface area contributed by atoms with Crippen LogP contribution in [-0.2, 0) is 0 Å². The number of hydrogen-bond acceptors (Lipinski definition) is 3. The minimum absolute atomic E-state index is 1.08. The molecule has 8 aromatic rings. The van der Waals surface area contributed by atoms with Crippen molar-refractivity contribution in [2.75, 3.05) is 4.90 Å².